The van der Waals surface area contributed by atoms with E-state index in [0.717, 1.165) is 19.3 Å². The maximum absolute atomic E-state index is 11.3. The predicted octanol–water partition coefficient (Wildman–Crippen LogP) is 2.06. The minimum Gasteiger partial charge on any atom is -0.447 e. The second-order valence-electron chi connectivity index (χ2n) is 5.23. The van der Waals surface area contributed by atoms with E-state index in [1.807, 2.05) is 0 Å². The first kappa shape index (κ1) is 13.3. The van der Waals surface area contributed by atoms with E-state index in [2.05, 4.69) is 12.2 Å². The van der Waals surface area contributed by atoms with Crippen molar-refractivity contribution in [2.24, 2.45) is 5.92 Å². The molecule has 1 aliphatic carbocycles. The van der Waals surface area contributed by atoms with Gasteiger partial charge in [0.25, 0.3) is 0 Å². The lowest BCUT2D eigenvalue weighted by Gasteiger charge is -2.35. The van der Waals surface area contributed by atoms with Crippen LogP contribution in [0, 0.1) is 5.92 Å². The summed E-state index contributed by atoms with van der Waals surface area (Å²) < 4.78 is 4.95. The van der Waals surface area contributed by atoms with E-state index in [-0.39, 0.29) is 6.10 Å². The number of carbonyl (C=O) groups is 1. The molecule has 2 N–H and O–H groups in total. The average molecular weight is 229 g/mol. The molecule has 0 spiro atoms. The Morgan fingerprint density at radius 1 is 1.62 bits per heavy atom. The Bertz CT molecular complexity index is 242. The molecule has 1 amide bonds. The lowest BCUT2D eigenvalue weighted by atomic mass is 9.79. The fraction of sp³-hybridized carbons (Fsp3) is 0.917. The summed E-state index contributed by atoms with van der Waals surface area (Å²) in [5, 5.41) is 12.9. The lowest BCUT2D eigenvalue weighted by molar-refractivity contribution is -0.0126. The molecule has 1 fully saturated rings. The van der Waals surface area contributed by atoms with Crippen molar-refractivity contribution in [2.75, 3.05) is 6.54 Å². The molecule has 1 aliphatic rings. The van der Waals surface area contributed by atoms with E-state index in [1.54, 1.807) is 13.8 Å². The molecule has 0 heterocycles. The van der Waals surface area contributed by atoms with Crippen molar-refractivity contribution in [1.29, 1.82) is 0 Å². The molecular weight excluding hydrogens is 206 g/mol. The average Bonchev–Trinajstić information content (AvgIpc) is 2.13. The van der Waals surface area contributed by atoms with Gasteiger partial charge in [0.2, 0.25) is 0 Å². The van der Waals surface area contributed by atoms with Crippen LogP contribution in [0.25, 0.3) is 0 Å². The SMILES string of the molecule is CC1CCCC(O)(CNC(=O)OC(C)C)C1. The first-order valence-corrected chi connectivity index (χ1v) is 6.08. The Labute approximate surface area is 97.4 Å². The zero-order valence-electron chi connectivity index (χ0n) is 10.5. The van der Waals surface area contributed by atoms with Crippen LogP contribution in [-0.4, -0.2) is 29.4 Å². The van der Waals surface area contributed by atoms with Gasteiger partial charge in [-0.3, -0.25) is 0 Å². The summed E-state index contributed by atoms with van der Waals surface area (Å²) in [5.74, 6) is 0.529. The van der Waals surface area contributed by atoms with Crippen LogP contribution in [0.15, 0.2) is 0 Å². The van der Waals surface area contributed by atoms with Gasteiger partial charge in [0.15, 0.2) is 0 Å². The van der Waals surface area contributed by atoms with Gasteiger partial charge < -0.3 is 15.2 Å². The molecule has 0 saturated heterocycles. The molecular formula is C12H23NO3. The molecule has 1 saturated carbocycles. The molecule has 1 rings (SSSR count). The number of rotatable bonds is 3. The van der Waals surface area contributed by atoms with Gasteiger partial charge in [-0.15, -0.1) is 0 Å². The zero-order valence-corrected chi connectivity index (χ0v) is 10.5. The van der Waals surface area contributed by atoms with Crippen molar-refractivity contribution >= 4 is 6.09 Å². The van der Waals surface area contributed by atoms with Gasteiger partial charge in [-0.25, -0.2) is 4.79 Å². The van der Waals surface area contributed by atoms with Crippen LogP contribution in [-0.2, 0) is 4.74 Å². The van der Waals surface area contributed by atoms with Crippen LogP contribution in [0.2, 0.25) is 0 Å². The Kier molecular flexibility index (Phi) is 4.59. The van der Waals surface area contributed by atoms with E-state index < -0.39 is 11.7 Å². The fourth-order valence-electron chi connectivity index (χ4n) is 2.29. The summed E-state index contributed by atoms with van der Waals surface area (Å²) in [7, 11) is 0. The van der Waals surface area contributed by atoms with E-state index in [1.165, 1.54) is 6.42 Å². The highest BCUT2D eigenvalue weighted by molar-refractivity contribution is 5.67. The molecule has 0 aromatic carbocycles. The Balaban J connectivity index is 2.32. The van der Waals surface area contributed by atoms with Crippen molar-refractivity contribution in [1.82, 2.24) is 5.32 Å². The van der Waals surface area contributed by atoms with Gasteiger partial charge in [0.05, 0.1) is 11.7 Å². The largest absolute Gasteiger partial charge is 0.447 e. The van der Waals surface area contributed by atoms with Crippen LogP contribution in [0.4, 0.5) is 4.79 Å². The van der Waals surface area contributed by atoms with E-state index in [9.17, 15) is 9.90 Å². The molecule has 0 aromatic rings. The van der Waals surface area contributed by atoms with E-state index in [4.69, 9.17) is 4.74 Å². The molecule has 0 bridgehead atoms. The lowest BCUT2D eigenvalue weighted by Crippen LogP contribution is -2.46. The molecule has 16 heavy (non-hydrogen) atoms. The summed E-state index contributed by atoms with van der Waals surface area (Å²) in [4.78, 5) is 11.3. The number of alkyl carbamates (subject to hydrolysis) is 1. The highest BCUT2D eigenvalue weighted by Gasteiger charge is 2.32. The van der Waals surface area contributed by atoms with Crippen molar-refractivity contribution in [3.63, 3.8) is 0 Å². The molecule has 94 valence electrons. The Hall–Kier alpha value is -0.770. The van der Waals surface area contributed by atoms with Crippen molar-refractivity contribution < 1.29 is 14.6 Å². The second kappa shape index (κ2) is 5.53. The van der Waals surface area contributed by atoms with Gasteiger partial charge in [0, 0.05) is 6.54 Å². The van der Waals surface area contributed by atoms with E-state index >= 15 is 0 Å². The quantitative estimate of drug-likeness (QED) is 0.778. The van der Waals surface area contributed by atoms with Crippen molar-refractivity contribution in [2.45, 2.75) is 58.2 Å². The summed E-state index contributed by atoms with van der Waals surface area (Å²) >= 11 is 0. The van der Waals surface area contributed by atoms with Crippen LogP contribution in [0.3, 0.4) is 0 Å². The van der Waals surface area contributed by atoms with Gasteiger partial charge in [-0.2, -0.15) is 0 Å². The molecule has 0 aromatic heterocycles. The fourth-order valence-corrected chi connectivity index (χ4v) is 2.29. The topological polar surface area (TPSA) is 58.6 Å². The van der Waals surface area contributed by atoms with Crippen molar-refractivity contribution in [3.05, 3.63) is 0 Å². The minimum atomic E-state index is -0.742. The third-order valence-electron chi connectivity index (χ3n) is 2.97. The Morgan fingerprint density at radius 2 is 2.31 bits per heavy atom. The molecule has 2 unspecified atom stereocenters. The maximum Gasteiger partial charge on any atom is 0.407 e. The number of hydrogen-bond acceptors (Lipinski definition) is 3. The Morgan fingerprint density at radius 3 is 2.88 bits per heavy atom. The molecule has 0 radical (unpaired) electrons. The van der Waals surface area contributed by atoms with Crippen LogP contribution in [0.1, 0.15) is 46.5 Å². The number of aliphatic hydroxyl groups is 1. The van der Waals surface area contributed by atoms with Gasteiger partial charge in [0.1, 0.15) is 0 Å². The summed E-state index contributed by atoms with van der Waals surface area (Å²) in [6.07, 6.45) is 3.15. The number of ether oxygens (including phenoxy) is 1. The summed E-state index contributed by atoms with van der Waals surface area (Å²) in [6, 6.07) is 0. The highest BCUT2D eigenvalue weighted by atomic mass is 16.6. The number of carbonyl (C=O) groups excluding carboxylic acids is 1. The normalized spacial score (nSPS) is 30.2. The molecule has 2 atom stereocenters. The molecule has 4 nitrogen and oxygen atoms in total. The predicted molar refractivity (Wildman–Crippen MR) is 62.2 cm³/mol. The number of amides is 1. The van der Waals surface area contributed by atoms with Gasteiger partial charge in [-0.05, 0) is 32.6 Å². The summed E-state index contributed by atoms with van der Waals surface area (Å²) in [6.45, 7) is 6.04. The smallest absolute Gasteiger partial charge is 0.407 e. The molecule has 0 aliphatic heterocycles. The van der Waals surface area contributed by atoms with Crippen molar-refractivity contribution in [3.8, 4) is 0 Å². The van der Waals surface area contributed by atoms with E-state index in [0.29, 0.717) is 12.5 Å². The second-order valence-corrected chi connectivity index (χ2v) is 5.23. The van der Waals surface area contributed by atoms with Crippen LogP contribution < -0.4 is 5.32 Å². The van der Waals surface area contributed by atoms with Crippen LogP contribution in [0.5, 0.6) is 0 Å². The first-order chi connectivity index (χ1) is 7.41. The summed E-state index contributed by atoms with van der Waals surface area (Å²) in [5.41, 5.74) is -0.742. The van der Waals surface area contributed by atoms with Gasteiger partial charge >= 0.3 is 6.09 Å². The van der Waals surface area contributed by atoms with Gasteiger partial charge in [-0.1, -0.05) is 19.8 Å². The zero-order chi connectivity index (χ0) is 12.2. The third-order valence-corrected chi connectivity index (χ3v) is 2.97. The third kappa shape index (κ3) is 4.39. The minimum absolute atomic E-state index is 0.125. The monoisotopic (exact) mass is 229 g/mol. The highest BCUT2D eigenvalue weighted by Crippen LogP contribution is 2.31. The standard InChI is InChI=1S/C12H23NO3/c1-9(2)16-11(14)13-8-12(15)6-4-5-10(3)7-12/h9-10,15H,4-8H2,1-3H3,(H,13,14). The number of nitrogens with one attached hydrogen (secondary N) is 1. The molecule has 4 heteroatoms. The van der Waals surface area contributed by atoms with Crippen LogP contribution >= 0.6 is 0 Å². The number of hydrogen-bond donors (Lipinski definition) is 2. The first-order valence-electron chi connectivity index (χ1n) is 6.08. The maximum atomic E-state index is 11.3.